The number of benzene rings is 1. The Labute approximate surface area is 92.0 Å². The largest absolute Gasteiger partial charge is 0.508 e. The molecule has 1 aliphatic carbocycles. The number of amides is 1. The van der Waals surface area contributed by atoms with Crippen molar-refractivity contribution in [1.29, 1.82) is 0 Å². The molecule has 2 N–H and O–H groups in total. The van der Waals surface area contributed by atoms with Crippen LogP contribution in [0.1, 0.15) is 12.8 Å². The molecule has 1 amide bonds. The van der Waals surface area contributed by atoms with Gasteiger partial charge in [-0.2, -0.15) is 0 Å². The van der Waals surface area contributed by atoms with Crippen molar-refractivity contribution in [2.24, 2.45) is 0 Å². The van der Waals surface area contributed by atoms with E-state index in [1.54, 1.807) is 0 Å². The van der Waals surface area contributed by atoms with Gasteiger partial charge < -0.3 is 10.4 Å². The maximum Gasteiger partial charge on any atom is 0.246 e. The third kappa shape index (κ3) is 0.948. The number of carbonyl (C=O) groups excluding carboxylic acids is 1. The number of fused-ring (bicyclic) bond motifs is 1. The number of nitrogens with one attached hydrogen (secondary N) is 1. The van der Waals surface area contributed by atoms with E-state index in [1.165, 1.54) is 18.2 Å². The summed E-state index contributed by atoms with van der Waals surface area (Å²) in [4.78, 5) is 11.8. The molecule has 5 nitrogen and oxygen atoms in total. The van der Waals surface area contributed by atoms with E-state index < -0.39 is 20.5 Å². The Morgan fingerprint density at radius 3 is 2.62 bits per heavy atom. The van der Waals surface area contributed by atoms with Gasteiger partial charge in [0.25, 0.3) is 0 Å². The Kier molecular flexibility index (Phi) is 1.55. The van der Waals surface area contributed by atoms with Crippen molar-refractivity contribution in [3.05, 3.63) is 18.2 Å². The number of anilines is 1. The second-order valence-corrected chi connectivity index (χ2v) is 6.36. The normalized spacial score (nSPS) is 23.6. The highest BCUT2D eigenvalue weighted by Gasteiger charge is 2.63. The van der Waals surface area contributed by atoms with E-state index in [0.717, 1.165) is 0 Å². The van der Waals surface area contributed by atoms with E-state index in [2.05, 4.69) is 5.32 Å². The lowest BCUT2D eigenvalue weighted by molar-refractivity contribution is -0.116. The molecule has 1 spiro atoms. The predicted octanol–water partition coefficient (Wildman–Crippen LogP) is 0.651. The summed E-state index contributed by atoms with van der Waals surface area (Å²) in [5.74, 6) is -0.549. The molecule has 0 aromatic heterocycles. The first kappa shape index (κ1) is 9.65. The summed E-state index contributed by atoms with van der Waals surface area (Å²) in [6, 6.07) is 3.89. The molecule has 16 heavy (non-hydrogen) atoms. The molecule has 1 aromatic carbocycles. The molecular weight excluding hydrogens is 230 g/mol. The molecule has 84 valence electrons. The molecule has 1 fully saturated rings. The van der Waals surface area contributed by atoms with E-state index in [-0.39, 0.29) is 16.3 Å². The summed E-state index contributed by atoms with van der Waals surface area (Å²) in [7, 11) is -3.60. The monoisotopic (exact) mass is 239 g/mol. The number of phenols is 1. The van der Waals surface area contributed by atoms with Crippen LogP contribution in [0.2, 0.25) is 0 Å². The van der Waals surface area contributed by atoms with Gasteiger partial charge in [-0.25, -0.2) is 8.42 Å². The fourth-order valence-corrected chi connectivity index (χ4v) is 4.03. The first-order valence-corrected chi connectivity index (χ1v) is 6.35. The number of sulfone groups is 1. The maximum absolute atomic E-state index is 12.2. The van der Waals surface area contributed by atoms with Crippen LogP contribution in [0.3, 0.4) is 0 Å². The minimum absolute atomic E-state index is 0.0685. The number of hydrogen-bond donors (Lipinski definition) is 2. The van der Waals surface area contributed by atoms with E-state index in [9.17, 15) is 18.3 Å². The number of hydrogen-bond acceptors (Lipinski definition) is 4. The third-order valence-corrected chi connectivity index (χ3v) is 5.69. The molecule has 1 aliphatic heterocycles. The quantitative estimate of drug-likeness (QED) is 0.696. The SMILES string of the molecule is O=C1Nc2cc(O)ccc2S(=O)(=O)C12CC2. The van der Waals surface area contributed by atoms with Gasteiger partial charge in [-0.1, -0.05) is 0 Å². The van der Waals surface area contributed by atoms with E-state index >= 15 is 0 Å². The average molecular weight is 239 g/mol. The van der Waals surface area contributed by atoms with Crippen molar-refractivity contribution in [3.63, 3.8) is 0 Å². The highest BCUT2D eigenvalue weighted by Crippen LogP contribution is 2.51. The molecule has 2 aliphatic rings. The summed E-state index contributed by atoms with van der Waals surface area (Å²) in [5, 5.41) is 11.8. The van der Waals surface area contributed by atoms with E-state index in [1.807, 2.05) is 0 Å². The van der Waals surface area contributed by atoms with Gasteiger partial charge in [-0.05, 0) is 25.0 Å². The fraction of sp³-hybridized carbons (Fsp3) is 0.300. The van der Waals surface area contributed by atoms with Crippen LogP contribution < -0.4 is 5.32 Å². The lowest BCUT2D eigenvalue weighted by Gasteiger charge is -2.24. The van der Waals surface area contributed by atoms with Crippen molar-refractivity contribution >= 4 is 21.4 Å². The Balaban J connectivity index is 2.30. The second kappa shape index (κ2) is 2.57. The molecule has 1 aromatic rings. The Bertz CT molecular complexity index is 601. The highest BCUT2D eigenvalue weighted by atomic mass is 32.2. The standard InChI is InChI=1S/C10H9NO4S/c12-6-1-2-8-7(5-6)11-9(13)10(3-4-10)16(8,14)15/h1-2,5,12H,3-4H2,(H,11,13). The first-order valence-electron chi connectivity index (χ1n) is 4.86. The average Bonchev–Trinajstić information content (AvgIpc) is 2.96. The topological polar surface area (TPSA) is 83.5 Å². The van der Waals surface area contributed by atoms with Crippen molar-refractivity contribution in [2.75, 3.05) is 5.32 Å². The highest BCUT2D eigenvalue weighted by molar-refractivity contribution is 7.94. The van der Waals surface area contributed by atoms with Crippen LogP contribution in [-0.4, -0.2) is 24.2 Å². The summed E-state index contributed by atoms with van der Waals surface area (Å²) in [6.45, 7) is 0. The van der Waals surface area contributed by atoms with Gasteiger partial charge in [0.2, 0.25) is 5.91 Å². The zero-order valence-electron chi connectivity index (χ0n) is 8.23. The van der Waals surface area contributed by atoms with Gasteiger partial charge >= 0.3 is 0 Å². The van der Waals surface area contributed by atoms with Crippen LogP contribution in [0.25, 0.3) is 0 Å². The number of phenolic OH excluding ortho intramolecular Hbond substituents is 1. The lowest BCUT2D eigenvalue weighted by atomic mass is 10.2. The maximum atomic E-state index is 12.2. The van der Waals surface area contributed by atoms with Crippen molar-refractivity contribution in [3.8, 4) is 5.75 Å². The molecule has 6 heteroatoms. The summed E-state index contributed by atoms with van der Waals surface area (Å²) in [6.07, 6.45) is 0.753. The molecule has 0 unspecified atom stereocenters. The van der Waals surface area contributed by atoms with E-state index in [4.69, 9.17) is 0 Å². The predicted molar refractivity (Wildman–Crippen MR) is 55.9 cm³/mol. The van der Waals surface area contributed by atoms with Crippen molar-refractivity contribution in [2.45, 2.75) is 22.5 Å². The zero-order valence-corrected chi connectivity index (χ0v) is 9.04. The Morgan fingerprint density at radius 1 is 1.31 bits per heavy atom. The van der Waals surface area contributed by atoms with Crippen LogP contribution in [-0.2, 0) is 14.6 Å². The minimum atomic E-state index is -3.60. The molecule has 0 saturated heterocycles. The van der Waals surface area contributed by atoms with E-state index in [0.29, 0.717) is 12.8 Å². The molecule has 0 bridgehead atoms. The summed E-state index contributed by atoms with van der Waals surface area (Å²) < 4.78 is 23.1. The smallest absolute Gasteiger partial charge is 0.246 e. The molecular formula is C10H9NO4S. The molecule has 1 heterocycles. The van der Waals surface area contributed by atoms with Crippen LogP contribution in [0.4, 0.5) is 5.69 Å². The lowest BCUT2D eigenvalue weighted by Crippen LogP contribution is -2.41. The third-order valence-electron chi connectivity index (χ3n) is 3.13. The van der Waals surface area contributed by atoms with Crippen molar-refractivity contribution < 1.29 is 18.3 Å². The number of carbonyl (C=O) groups is 1. The number of aromatic hydroxyl groups is 1. The summed E-state index contributed by atoms with van der Waals surface area (Å²) in [5.41, 5.74) is 0.169. The van der Waals surface area contributed by atoms with Crippen molar-refractivity contribution in [1.82, 2.24) is 0 Å². The van der Waals surface area contributed by atoms with Gasteiger partial charge in [0, 0.05) is 6.07 Å². The molecule has 0 atom stereocenters. The van der Waals surface area contributed by atoms with Crippen LogP contribution in [0, 0.1) is 0 Å². The minimum Gasteiger partial charge on any atom is -0.508 e. The Morgan fingerprint density at radius 2 is 2.00 bits per heavy atom. The first-order chi connectivity index (χ1) is 7.47. The fourth-order valence-electron chi connectivity index (χ4n) is 2.03. The molecule has 3 rings (SSSR count). The van der Waals surface area contributed by atoms with Gasteiger partial charge in [-0.15, -0.1) is 0 Å². The second-order valence-electron chi connectivity index (χ2n) is 4.13. The van der Waals surface area contributed by atoms with Gasteiger partial charge in [0.1, 0.15) is 5.75 Å². The van der Waals surface area contributed by atoms with Crippen LogP contribution in [0.15, 0.2) is 23.1 Å². The van der Waals surface area contributed by atoms with Crippen LogP contribution in [0.5, 0.6) is 5.75 Å². The van der Waals surface area contributed by atoms with Crippen LogP contribution >= 0.6 is 0 Å². The number of rotatable bonds is 0. The Hall–Kier alpha value is -1.56. The molecule has 1 saturated carbocycles. The van der Waals surface area contributed by atoms with Gasteiger partial charge in [-0.3, -0.25) is 4.79 Å². The summed E-state index contributed by atoms with van der Waals surface area (Å²) >= 11 is 0. The molecule has 0 radical (unpaired) electrons. The zero-order chi connectivity index (χ0) is 11.6. The van der Waals surface area contributed by atoms with Gasteiger partial charge in [0.15, 0.2) is 14.6 Å². The van der Waals surface area contributed by atoms with Gasteiger partial charge in [0.05, 0.1) is 10.6 Å².